The Morgan fingerprint density at radius 3 is 2.48 bits per heavy atom. The van der Waals surface area contributed by atoms with E-state index in [-0.39, 0.29) is 10.6 Å². The highest BCUT2D eigenvalue weighted by Crippen LogP contribution is 2.31. The molecule has 0 spiro atoms. The number of nitrogens with zero attached hydrogens (tertiary/aromatic N) is 1. The predicted octanol–water partition coefficient (Wildman–Crippen LogP) is 4.36. The third kappa shape index (κ3) is 4.03. The Morgan fingerprint density at radius 2 is 1.76 bits per heavy atom. The Labute approximate surface area is 153 Å². The van der Waals surface area contributed by atoms with Gasteiger partial charge in [-0.25, -0.2) is 8.78 Å². The summed E-state index contributed by atoms with van der Waals surface area (Å²) in [4.78, 5) is 14.5. The first kappa shape index (κ1) is 17.9. The van der Waals surface area contributed by atoms with Crippen molar-refractivity contribution in [1.29, 1.82) is 0 Å². The van der Waals surface area contributed by atoms with Crippen LogP contribution in [0.5, 0.6) is 0 Å². The van der Waals surface area contributed by atoms with E-state index in [1.807, 2.05) is 4.90 Å². The fourth-order valence-corrected chi connectivity index (χ4v) is 2.98. The summed E-state index contributed by atoms with van der Waals surface area (Å²) < 4.78 is 31.9. The van der Waals surface area contributed by atoms with E-state index >= 15 is 0 Å². The number of halogens is 4. The zero-order chi connectivity index (χ0) is 18.0. The van der Waals surface area contributed by atoms with Crippen molar-refractivity contribution in [2.24, 2.45) is 0 Å². The first-order valence-electron chi connectivity index (χ1n) is 7.54. The fraction of sp³-hybridized carbons (Fsp3) is 0.235. The molecule has 3 rings (SSSR count). The third-order valence-corrected chi connectivity index (χ3v) is 4.36. The lowest BCUT2D eigenvalue weighted by Crippen LogP contribution is -2.36. The molecule has 2 aromatic carbocycles. The van der Waals surface area contributed by atoms with E-state index in [4.69, 9.17) is 27.9 Å². The number of hydrogen-bond acceptors (Lipinski definition) is 3. The van der Waals surface area contributed by atoms with Crippen LogP contribution in [0.3, 0.4) is 0 Å². The predicted molar refractivity (Wildman–Crippen MR) is 93.8 cm³/mol. The van der Waals surface area contributed by atoms with Crippen LogP contribution in [0.2, 0.25) is 10.0 Å². The minimum Gasteiger partial charge on any atom is -0.378 e. The number of ether oxygens (including phenoxy) is 1. The van der Waals surface area contributed by atoms with Crippen LogP contribution in [0.1, 0.15) is 10.4 Å². The van der Waals surface area contributed by atoms with Gasteiger partial charge in [-0.3, -0.25) is 4.79 Å². The van der Waals surface area contributed by atoms with E-state index in [0.717, 1.165) is 17.8 Å². The molecule has 4 nitrogen and oxygen atoms in total. The van der Waals surface area contributed by atoms with Crippen molar-refractivity contribution in [3.8, 4) is 0 Å². The summed E-state index contributed by atoms with van der Waals surface area (Å²) >= 11 is 11.9. The number of amides is 1. The molecule has 1 aliphatic rings. The lowest BCUT2D eigenvalue weighted by atomic mass is 10.1. The average molecular weight is 387 g/mol. The average Bonchev–Trinajstić information content (AvgIpc) is 2.59. The maximum atomic E-state index is 13.4. The molecule has 1 saturated heterocycles. The number of anilines is 2. The molecule has 0 radical (unpaired) electrons. The van der Waals surface area contributed by atoms with Gasteiger partial charge in [-0.1, -0.05) is 23.2 Å². The van der Waals surface area contributed by atoms with Crippen molar-refractivity contribution in [3.63, 3.8) is 0 Å². The molecule has 0 bridgehead atoms. The molecule has 0 aromatic heterocycles. The molecule has 0 unspecified atom stereocenters. The standard InChI is InChI=1S/C17H14Cl2F2N2O2/c18-10-1-2-16(23-3-5-25-6-4-23)15(7-10)22-17(24)11-8-13(20)14(21)9-12(11)19/h1-2,7-9H,3-6H2,(H,22,24). The van der Waals surface area contributed by atoms with Crippen LogP contribution in [-0.2, 0) is 4.74 Å². The summed E-state index contributed by atoms with van der Waals surface area (Å²) in [7, 11) is 0. The number of hydrogen-bond donors (Lipinski definition) is 1. The van der Waals surface area contributed by atoms with Crippen LogP contribution in [0.4, 0.5) is 20.2 Å². The molecule has 0 aliphatic carbocycles. The van der Waals surface area contributed by atoms with Crippen molar-refractivity contribution < 1.29 is 18.3 Å². The van der Waals surface area contributed by atoms with Gasteiger partial charge < -0.3 is 15.0 Å². The Balaban J connectivity index is 1.90. The zero-order valence-corrected chi connectivity index (χ0v) is 14.5. The van der Waals surface area contributed by atoms with Gasteiger partial charge >= 0.3 is 0 Å². The van der Waals surface area contributed by atoms with E-state index in [1.165, 1.54) is 0 Å². The van der Waals surface area contributed by atoms with E-state index in [9.17, 15) is 13.6 Å². The number of rotatable bonds is 3. The lowest BCUT2D eigenvalue weighted by Gasteiger charge is -2.30. The molecule has 0 atom stereocenters. The van der Waals surface area contributed by atoms with Crippen molar-refractivity contribution in [2.75, 3.05) is 36.5 Å². The first-order valence-corrected chi connectivity index (χ1v) is 8.29. The van der Waals surface area contributed by atoms with Crippen molar-refractivity contribution in [1.82, 2.24) is 0 Å². The molecule has 1 aliphatic heterocycles. The highest BCUT2D eigenvalue weighted by molar-refractivity contribution is 6.34. The highest BCUT2D eigenvalue weighted by atomic mass is 35.5. The number of carbonyl (C=O) groups excluding carboxylic acids is 1. The molecular weight excluding hydrogens is 373 g/mol. The molecule has 1 N–H and O–H groups in total. The third-order valence-electron chi connectivity index (χ3n) is 3.81. The van der Waals surface area contributed by atoms with Gasteiger partial charge in [-0.05, 0) is 30.3 Å². The quantitative estimate of drug-likeness (QED) is 0.796. The van der Waals surface area contributed by atoms with Crippen molar-refractivity contribution in [3.05, 3.63) is 57.6 Å². The highest BCUT2D eigenvalue weighted by Gasteiger charge is 2.19. The number of morpholine rings is 1. The van der Waals surface area contributed by atoms with Gasteiger partial charge in [-0.15, -0.1) is 0 Å². The minimum absolute atomic E-state index is 0.159. The number of benzene rings is 2. The van der Waals surface area contributed by atoms with Crippen LogP contribution in [-0.4, -0.2) is 32.2 Å². The lowest BCUT2D eigenvalue weighted by molar-refractivity contribution is 0.102. The van der Waals surface area contributed by atoms with Crippen LogP contribution in [0.15, 0.2) is 30.3 Å². The van der Waals surface area contributed by atoms with Gasteiger partial charge in [0.15, 0.2) is 11.6 Å². The molecule has 1 fully saturated rings. The number of carbonyl (C=O) groups is 1. The summed E-state index contributed by atoms with van der Waals surface area (Å²) in [5.74, 6) is -2.91. The minimum atomic E-state index is -1.14. The second kappa shape index (κ2) is 7.56. The molecule has 2 aromatic rings. The van der Waals surface area contributed by atoms with E-state index in [2.05, 4.69) is 5.32 Å². The Hall–Kier alpha value is -1.89. The Morgan fingerprint density at radius 1 is 1.08 bits per heavy atom. The van der Waals surface area contributed by atoms with Crippen LogP contribution in [0.25, 0.3) is 0 Å². The monoisotopic (exact) mass is 386 g/mol. The van der Waals surface area contributed by atoms with Crippen LogP contribution >= 0.6 is 23.2 Å². The van der Waals surface area contributed by atoms with E-state index < -0.39 is 17.5 Å². The second-order valence-corrected chi connectivity index (χ2v) is 6.30. The van der Waals surface area contributed by atoms with Gasteiger partial charge in [0.25, 0.3) is 5.91 Å². The van der Waals surface area contributed by atoms with Gasteiger partial charge in [0.05, 0.1) is 35.2 Å². The zero-order valence-electron chi connectivity index (χ0n) is 13.0. The topological polar surface area (TPSA) is 41.6 Å². The smallest absolute Gasteiger partial charge is 0.257 e. The number of nitrogens with one attached hydrogen (secondary N) is 1. The fourth-order valence-electron chi connectivity index (χ4n) is 2.57. The largest absolute Gasteiger partial charge is 0.378 e. The molecule has 0 saturated carbocycles. The molecule has 25 heavy (non-hydrogen) atoms. The van der Waals surface area contributed by atoms with Gasteiger partial charge in [0, 0.05) is 18.1 Å². The Bertz CT molecular complexity index is 811. The first-order chi connectivity index (χ1) is 12.0. The van der Waals surface area contributed by atoms with Crippen LogP contribution in [0, 0.1) is 11.6 Å². The normalized spacial score (nSPS) is 14.5. The summed E-state index contributed by atoms with van der Waals surface area (Å²) in [6.07, 6.45) is 0. The second-order valence-electron chi connectivity index (χ2n) is 5.46. The van der Waals surface area contributed by atoms with E-state index in [1.54, 1.807) is 18.2 Å². The maximum absolute atomic E-state index is 13.4. The molecule has 1 heterocycles. The maximum Gasteiger partial charge on any atom is 0.257 e. The molecule has 8 heteroatoms. The van der Waals surface area contributed by atoms with Crippen molar-refractivity contribution in [2.45, 2.75) is 0 Å². The van der Waals surface area contributed by atoms with Gasteiger partial charge in [-0.2, -0.15) is 0 Å². The van der Waals surface area contributed by atoms with Gasteiger partial charge in [0.2, 0.25) is 0 Å². The molecule has 132 valence electrons. The molecule has 1 amide bonds. The summed E-state index contributed by atoms with van der Waals surface area (Å²) in [6.45, 7) is 2.48. The van der Waals surface area contributed by atoms with Crippen LogP contribution < -0.4 is 10.2 Å². The SMILES string of the molecule is O=C(Nc1cc(Cl)ccc1N1CCOCC1)c1cc(F)c(F)cc1Cl. The molecular formula is C17H14Cl2F2N2O2. The van der Waals surface area contributed by atoms with E-state index in [0.29, 0.717) is 37.0 Å². The summed E-state index contributed by atoms with van der Waals surface area (Å²) in [5.41, 5.74) is 1.06. The summed E-state index contributed by atoms with van der Waals surface area (Å²) in [6, 6.07) is 6.64. The summed E-state index contributed by atoms with van der Waals surface area (Å²) in [5, 5.41) is 2.93. The Kier molecular flexibility index (Phi) is 5.42. The van der Waals surface area contributed by atoms with Gasteiger partial charge in [0.1, 0.15) is 0 Å². The van der Waals surface area contributed by atoms with Crippen molar-refractivity contribution >= 4 is 40.5 Å².